The molecule has 0 aliphatic heterocycles. The number of oxazole rings is 1. The molecule has 0 saturated carbocycles. The molecule has 8 heteroatoms. The molecule has 2 aromatic carbocycles. The van der Waals surface area contributed by atoms with Crippen molar-refractivity contribution >= 4 is 15.8 Å². The molecular formula is C21H21NO6S. The number of hydrogen-bond donors (Lipinski definition) is 0. The van der Waals surface area contributed by atoms with Gasteiger partial charge in [0.2, 0.25) is 5.89 Å². The highest BCUT2D eigenvalue weighted by atomic mass is 32.2. The number of sulfone groups is 1. The molecule has 3 rings (SSSR count). The van der Waals surface area contributed by atoms with E-state index in [1.54, 1.807) is 30.5 Å². The third-order valence-corrected chi connectivity index (χ3v) is 5.52. The van der Waals surface area contributed by atoms with E-state index >= 15 is 0 Å². The molecule has 0 amide bonds. The van der Waals surface area contributed by atoms with Crippen molar-refractivity contribution in [3.05, 3.63) is 72.1 Å². The SMILES string of the molecule is COC(=O)CS(=O)(=O)Cc1ccc(OCCc2coc(-c3ccccc3)n2)cc1. The molecule has 29 heavy (non-hydrogen) atoms. The lowest BCUT2D eigenvalue weighted by atomic mass is 10.2. The van der Waals surface area contributed by atoms with Crippen molar-refractivity contribution < 1.29 is 27.1 Å². The van der Waals surface area contributed by atoms with Crippen LogP contribution in [0.25, 0.3) is 11.5 Å². The zero-order valence-electron chi connectivity index (χ0n) is 15.9. The van der Waals surface area contributed by atoms with Crippen LogP contribution < -0.4 is 4.74 Å². The molecule has 3 aromatic rings. The van der Waals surface area contributed by atoms with E-state index in [2.05, 4.69) is 9.72 Å². The van der Waals surface area contributed by atoms with E-state index in [0.29, 0.717) is 30.2 Å². The number of hydrogen-bond acceptors (Lipinski definition) is 7. The van der Waals surface area contributed by atoms with Gasteiger partial charge >= 0.3 is 5.97 Å². The number of methoxy groups -OCH3 is 1. The van der Waals surface area contributed by atoms with Crippen LogP contribution in [-0.2, 0) is 31.5 Å². The summed E-state index contributed by atoms with van der Waals surface area (Å²) < 4.78 is 39.5. The van der Waals surface area contributed by atoms with Crippen molar-refractivity contribution in [2.24, 2.45) is 0 Å². The van der Waals surface area contributed by atoms with Crippen LogP contribution in [0.1, 0.15) is 11.3 Å². The van der Waals surface area contributed by atoms with Crippen LogP contribution in [0.2, 0.25) is 0 Å². The Morgan fingerprint density at radius 3 is 2.48 bits per heavy atom. The van der Waals surface area contributed by atoms with Gasteiger partial charge in [-0.2, -0.15) is 0 Å². The molecule has 7 nitrogen and oxygen atoms in total. The number of benzene rings is 2. The van der Waals surface area contributed by atoms with Crippen LogP contribution in [0.5, 0.6) is 5.75 Å². The Hall–Kier alpha value is -3.13. The van der Waals surface area contributed by atoms with E-state index in [0.717, 1.165) is 18.4 Å². The average molecular weight is 415 g/mol. The van der Waals surface area contributed by atoms with E-state index in [-0.39, 0.29) is 5.75 Å². The molecule has 0 aliphatic carbocycles. The number of esters is 1. The molecule has 0 fully saturated rings. The van der Waals surface area contributed by atoms with Crippen molar-refractivity contribution in [3.8, 4) is 17.2 Å². The minimum Gasteiger partial charge on any atom is -0.493 e. The molecule has 0 saturated heterocycles. The third-order valence-electron chi connectivity index (χ3n) is 4.07. The summed E-state index contributed by atoms with van der Waals surface area (Å²) in [7, 11) is -2.41. The van der Waals surface area contributed by atoms with Gasteiger partial charge in [0.1, 0.15) is 17.8 Å². The Morgan fingerprint density at radius 2 is 1.79 bits per heavy atom. The van der Waals surface area contributed by atoms with Crippen LogP contribution in [-0.4, -0.2) is 38.8 Å². The van der Waals surface area contributed by atoms with E-state index in [9.17, 15) is 13.2 Å². The predicted molar refractivity (Wildman–Crippen MR) is 107 cm³/mol. The monoisotopic (exact) mass is 415 g/mol. The molecule has 0 unspecified atom stereocenters. The van der Waals surface area contributed by atoms with Crippen LogP contribution in [0.3, 0.4) is 0 Å². The largest absolute Gasteiger partial charge is 0.493 e. The number of aromatic nitrogens is 1. The minimum atomic E-state index is -3.57. The number of carbonyl (C=O) groups is 1. The molecule has 1 heterocycles. The molecule has 1 aromatic heterocycles. The first kappa shape index (κ1) is 20.6. The number of carbonyl (C=O) groups excluding carboxylic acids is 1. The Morgan fingerprint density at radius 1 is 1.07 bits per heavy atom. The summed E-state index contributed by atoms with van der Waals surface area (Å²) in [4.78, 5) is 15.6. The van der Waals surface area contributed by atoms with Crippen molar-refractivity contribution in [2.75, 3.05) is 19.5 Å². The topological polar surface area (TPSA) is 95.7 Å². The normalized spacial score (nSPS) is 11.2. The second-order valence-electron chi connectivity index (χ2n) is 6.36. The van der Waals surface area contributed by atoms with Gasteiger partial charge in [0.15, 0.2) is 9.84 Å². The number of nitrogens with zero attached hydrogens (tertiary/aromatic N) is 1. The van der Waals surface area contributed by atoms with Gasteiger partial charge < -0.3 is 13.9 Å². The summed E-state index contributed by atoms with van der Waals surface area (Å²) >= 11 is 0. The highest BCUT2D eigenvalue weighted by molar-refractivity contribution is 7.91. The van der Waals surface area contributed by atoms with E-state index in [1.807, 2.05) is 30.3 Å². The first-order valence-electron chi connectivity index (χ1n) is 8.94. The van der Waals surface area contributed by atoms with Crippen molar-refractivity contribution in [3.63, 3.8) is 0 Å². The smallest absolute Gasteiger partial charge is 0.320 e. The minimum absolute atomic E-state index is 0.233. The van der Waals surface area contributed by atoms with E-state index in [1.165, 1.54) is 0 Å². The van der Waals surface area contributed by atoms with Gasteiger partial charge in [0.05, 0.1) is 25.2 Å². The summed E-state index contributed by atoms with van der Waals surface area (Å²) in [6.07, 6.45) is 2.19. The Labute approximate surface area is 169 Å². The lowest BCUT2D eigenvalue weighted by Crippen LogP contribution is -2.18. The van der Waals surface area contributed by atoms with Gasteiger partial charge in [-0.25, -0.2) is 13.4 Å². The van der Waals surface area contributed by atoms with Gasteiger partial charge in [-0.15, -0.1) is 0 Å². The summed E-state index contributed by atoms with van der Waals surface area (Å²) in [5, 5.41) is 0. The van der Waals surface area contributed by atoms with Crippen LogP contribution in [0.4, 0.5) is 0 Å². The predicted octanol–water partition coefficient (Wildman–Crippen LogP) is 3.05. The van der Waals surface area contributed by atoms with E-state index < -0.39 is 21.6 Å². The highest BCUT2D eigenvalue weighted by Gasteiger charge is 2.17. The molecule has 152 valence electrons. The summed E-state index contributed by atoms with van der Waals surface area (Å²) in [6.45, 7) is 0.404. The Balaban J connectivity index is 1.49. The third kappa shape index (κ3) is 6.18. The molecule has 0 radical (unpaired) electrons. The fourth-order valence-corrected chi connectivity index (χ4v) is 3.91. The summed E-state index contributed by atoms with van der Waals surface area (Å²) in [5.74, 6) is -0.453. The highest BCUT2D eigenvalue weighted by Crippen LogP contribution is 2.19. The Bertz CT molecular complexity index is 1040. The van der Waals surface area contributed by atoms with Gasteiger partial charge in [-0.05, 0) is 29.8 Å². The van der Waals surface area contributed by atoms with Gasteiger partial charge in [0.25, 0.3) is 0 Å². The first-order valence-corrected chi connectivity index (χ1v) is 10.8. The quantitative estimate of drug-likeness (QED) is 0.496. The summed E-state index contributed by atoms with van der Waals surface area (Å²) in [6, 6.07) is 16.3. The first-order chi connectivity index (χ1) is 13.9. The Kier molecular flexibility index (Phi) is 6.66. The lowest BCUT2D eigenvalue weighted by molar-refractivity contribution is -0.137. The van der Waals surface area contributed by atoms with Crippen molar-refractivity contribution in [1.29, 1.82) is 0 Å². The number of ether oxygens (including phenoxy) is 2. The number of rotatable bonds is 9. The standard InChI is InChI=1S/C21H21NO6S/c1-26-20(23)15-29(24,25)14-16-7-9-19(10-8-16)27-12-11-18-13-28-21(22-18)17-5-3-2-4-6-17/h2-10,13H,11-12,14-15H2,1H3. The molecule has 0 bridgehead atoms. The zero-order chi connectivity index (χ0) is 20.7. The van der Waals surface area contributed by atoms with Gasteiger partial charge in [-0.1, -0.05) is 30.3 Å². The maximum Gasteiger partial charge on any atom is 0.320 e. The second kappa shape index (κ2) is 9.38. The molecule has 0 N–H and O–H groups in total. The molecule has 0 aliphatic rings. The van der Waals surface area contributed by atoms with E-state index in [4.69, 9.17) is 9.15 Å². The molecule has 0 spiro atoms. The lowest BCUT2D eigenvalue weighted by Gasteiger charge is -2.07. The van der Waals surface area contributed by atoms with Crippen LogP contribution in [0, 0.1) is 0 Å². The van der Waals surface area contributed by atoms with Crippen LogP contribution >= 0.6 is 0 Å². The van der Waals surface area contributed by atoms with Gasteiger partial charge in [-0.3, -0.25) is 4.79 Å². The maximum absolute atomic E-state index is 11.9. The van der Waals surface area contributed by atoms with Crippen molar-refractivity contribution in [1.82, 2.24) is 4.98 Å². The molecule has 0 atom stereocenters. The van der Waals surface area contributed by atoms with Gasteiger partial charge in [0, 0.05) is 12.0 Å². The van der Waals surface area contributed by atoms with Crippen LogP contribution in [0.15, 0.2) is 65.3 Å². The average Bonchev–Trinajstić information content (AvgIpc) is 3.18. The summed E-state index contributed by atoms with van der Waals surface area (Å²) in [5.41, 5.74) is 2.28. The molecular weight excluding hydrogens is 394 g/mol. The second-order valence-corrected chi connectivity index (χ2v) is 8.43. The fraction of sp³-hybridized carbons (Fsp3) is 0.238. The zero-order valence-corrected chi connectivity index (χ0v) is 16.7. The maximum atomic E-state index is 11.9. The van der Waals surface area contributed by atoms with Crippen molar-refractivity contribution in [2.45, 2.75) is 12.2 Å². The fourth-order valence-electron chi connectivity index (χ4n) is 2.63.